The maximum Gasteiger partial charge on any atom is 0.346 e. The smallest absolute Gasteiger partial charge is 0.304 e. The first-order valence-electron chi connectivity index (χ1n) is 10.9. The van der Waals surface area contributed by atoms with Crippen LogP contribution in [0.1, 0.15) is 30.6 Å². The number of aryl methyl sites for hydroxylation is 1. The molecule has 1 aliphatic heterocycles. The number of anilines is 2. The summed E-state index contributed by atoms with van der Waals surface area (Å²) in [6.07, 6.45) is 4.25. The Hall–Kier alpha value is -4.31. The lowest BCUT2D eigenvalue weighted by molar-refractivity contribution is -0.114. The van der Waals surface area contributed by atoms with Crippen molar-refractivity contribution < 1.29 is 14.4 Å². The summed E-state index contributed by atoms with van der Waals surface area (Å²) in [5.74, 6) is -0.00560. The molecule has 0 aliphatic carbocycles. The van der Waals surface area contributed by atoms with E-state index in [1.54, 1.807) is 23.0 Å². The Morgan fingerprint density at radius 1 is 1.09 bits per heavy atom. The predicted molar refractivity (Wildman–Crippen MR) is 126 cm³/mol. The molecule has 10 heteroatoms. The van der Waals surface area contributed by atoms with Crippen molar-refractivity contribution in [1.29, 1.82) is 0 Å². The molecule has 4 aromatic rings. The normalized spacial score (nSPS) is 15.5. The van der Waals surface area contributed by atoms with Gasteiger partial charge in [-0.2, -0.15) is 10.0 Å². The fraction of sp³-hybridized carbons (Fsp3) is 0.208. The zero-order chi connectivity index (χ0) is 23.7. The molecular formula is C24H23N7O3. The number of nitrogens with zero attached hydrogens (tertiary/aromatic N) is 5. The zero-order valence-corrected chi connectivity index (χ0v) is 18.7. The van der Waals surface area contributed by atoms with E-state index in [2.05, 4.69) is 25.7 Å². The van der Waals surface area contributed by atoms with Crippen LogP contribution in [0.25, 0.3) is 16.8 Å². The molecule has 3 amide bonds. The van der Waals surface area contributed by atoms with E-state index in [1.807, 2.05) is 49.4 Å². The number of hydroxylamine groups is 2. The number of urea groups is 1. The molecule has 1 saturated heterocycles. The number of nitrogens with one attached hydrogen (secondary N) is 2. The van der Waals surface area contributed by atoms with Gasteiger partial charge in [-0.25, -0.2) is 9.31 Å². The SMILES string of the molecule is CC(=O)Nc1nc2ccc(-c3cnc(C)c(NC(=O)N4OCCC4c4ccccc4)c3)cn2n1. The van der Waals surface area contributed by atoms with E-state index in [9.17, 15) is 9.59 Å². The molecular weight excluding hydrogens is 434 g/mol. The summed E-state index contributed by atoms with van der Waals surface area (Å²) in [6, 6.07) is 14.9. The number of hydrogen-bond acceptors (Lipinski definition) is 6. The predicted octanol–water partition coefficient (Wildman–Crippen LogP) is 3.97. The Morgan fingerprint density at radius 3 is 2.71 bits per heavy atom. The van der Waals surface area contributed by atoms with E-state index in [-0.39, 0.29) is 23.9 Å². The van der Waals surface area contributed by atoms with Gasteiger partial charge in [-0.3, -0.25) is 19.9 Å². The maximum absolute atomic E-state index is 13.1. The van der Waals surface area contributed by atoms with E-state index >= 15 is 0 Å². The minimum atomic E-state index is -0.347. The average molecular weight is 457 g/mol. The molecule has 1 fully saturated rings. The third-order valence-electron chi connectivity index (χ3n) is 5.57. The lowest BCUT2D eigenvalue weighted by Crippen LogP contribution is -2.33. The second-order valence-corrected chi connectivity index (χ2v) is 8.00. The van der Waals surface area contributed by atoms with Gasteiger partial charge >= 0.3 is 6.03 Å². The molecule has 0 saturated carbocycles. The fourth-order valence-electron chi connectivity index (χ4n) is 3.90. The Balaban J connectivity index is 1.38. The van der Waals surface area contributed by atoms with Crippen LogP contribution >= 0.6 is 0 Å². The lowest BCUT2D eigenvalue weighted by atomic mass is 10.1. The molecule has 172 valence electrons. The van der Waals surface area contributed by atoms with Crippen LogP contribution < -0.4 is 10.6 Å². The van der Waals surface area contributed by atoms with Crippen molar-refractivity contribution in [3.63, 3.8) is 0 Å². The third-order valence-corrected chi connectivity index (χ3v) is 5.57. The van der Waals surface area contributed by atoms with Crippen LogP contribution in [0.2, 0.25) is 0 Å². The molecule has 1 atom stereocenters. The maximum atomic E-state index is 13.1. The molecule has 1 aliphatic rings. The molecule has 1 unspecified atom stereocenters. The number of benzene rings is 1. The summed E-state index contributed by atoms with van der Waals surface area (Å²) in [5, 5.41) is 11.2. The van der Waals surface area contributed by atoms with Gasteiger partial charge in [-0.1, -0.05) is 30.3 Å². The molecule has 2 N–H and O–H groups in total. The Morgan fingerprint density at radius 2 is 1.91 bits per heavy atom. The van der Waals surface area contributed by atoms with Gasteiger partial charge in [0, 0.05) is 36.9 Å². The minimum absolute atomic E-state index is 0.148. The molecule has 0 bridgehead atoms. The fourth-order valence-corrected chi connectivity index (χ4v) is 3.90. The molecule has 0 spiro atoms. The van der Waals surface area contributed by atoms with Crippen molar-refractivity contribution in [2.45, 2.75) is 26.3 Å². The Labute approximate surface area is 195 Å². The highest BCUT2D eigenvalue weighted by Crippen LogP contribution is 2.31. The van der Waals surface area contributed by atoms with Gasteiger partial charge in [0.1, 0.15) is 0 Å². The summed E-state index contributed by atoms with van der Waals surface area (Å²) in [7, 11) is 0. The van der Waals surface area contributed by atoms with Gasteiger partial charge < -0.3 is 5.32 Å². The molecule has 34 heavy (non-hydrogen) atoms. The first kappa shape index (κ1) is 21.5. The molecule has 1 aromatic carbocycles. The summed E-state index contributed by atoms with van der Waals surface area (Å²) >= 11 is 0. The molecule has 4 heterocycles. The van der Waals surface area contributed by atoms with Crippen LogP contribution in [0.5, 0.6) is 0 Å². The van der Waals surface area contributed by atoms with Gasteiger partial charge in [-0.15, -0.1) is 5.10 Å². The lowest BCUT2D eigenvalue weighted by Gasteiger charge is -2.23. The van der Waals surface area contributed by atoms with Crippen LogP contribution in [0.4, 0.5) is 16.4 Å². The van der Waals surface area contributed by atoms with E-state index in [0.29, 0.717) is 23.6 Å². The monoisotopic (exact) mass is 457 g/mol. The number of carbonyl (C=O) groups is 2. The number of fused-ring (bicyclic) bond motifs is 1. The van der Waals surface area contributed by atoms with Crippen molar-refractivity contribution in [3.05, 3.63) is 72.2 Å². The van der Waals surface area contributed by atoms with Crippen LogP contribution in [-0.2, 0) is 9.63 Å². The Kier molecular flexibility index (Phi) is 5.64. The number of pyridine rings is 2. The highest BCUT2D eigenvalue weighted by atomic mass is 16.7. The highest BCUT2D eigenvalue weighted by molar-refractivity contribution is 5.90. The van der Waals surface area contributed by atoms with Crippen molar-refractivity contribution >= 4 is 29.2 Å². The molecule has 10 nitrogen and oxygen atoms in total. The van der Waals surface area contributed by atoms with Gasteiger partial charge in [-0.05, 0) is 30.7 Å². The quantitative estimate of drug-likeness (QED) is 0.479. The van der Waals surface area contributed by atoms with Gasteiger partial charge in [0.05, 0.1) is 24.0 Å². The summed E-state index contributed by atoms with van der Waals surface area (Å²) in [4.78, 5) is 38.7. The van der Waals surface area contributed by atoms with Crippen LogP contribution in [0, 0.1) is 6.92 Å². The number of rotatable bonds is 4. The van der Waals surface area contributed by atoms with E-state index in [4.69, 9.17) is 4.84 Å². The van der Waals surface area contributed by atoms with Crippen molar-refractivity contribution in [1.82, 2.24) is 24.6 Å². The number of aromatic nitrogens is 4. The van der Waals surface area contributed by atoms with E-state index in [0.717, 1.165) is 23.1 Å². The average Bonchev–Trinajstić information content (AvgIpc) is 3.47. The number of amides is 3. The zero-order valence-electron chi connectivity index (χ0n) is 18.7. The second-order valence-electron chi connectivity index (χ2n) is 8.00. The largest absolute Gasteiger partial charge is 0.346 e. The summed E-state index contributed by atoms with van der Waals surface area (Å²) < 4.78 is 1.58. The van der Waals surface area contributed by atoms with Crippen molar-refractivity contribution in [3.8, 4) is 11.1 Å². The number of hydrogen-bond donors (Lipinski definition) is 2. The minimum Gasteiger partial charge on any atom is -0.304 e. The van der Waals surface area contributed by atoms with Crippen LogP contribution in [0.3, 0.4) is 0 Å². The van der Waals surface area contributed by atoms with E-state index in [1.165, 1.54) is 12.0 Å². The van der Waals surface area contributed by atoms with E-state index < -0.39 is 0 Å². The summed E-state index contributed by atoms with van der Waals surface area (Å²) in [6.45, 7) is 3.71. The Bertz CT molecular complexity index is 1370. The molecule has 5 rings (SSSR count). The standard InChI is InChI=1S/C24H23N7O3/c1-15-20(27-24(33)31-21(10-11-34-31)17-6-4-3-5-7-17)12-19(13-25-15)18-8-9-22-28-23(26-16(2)32)29-30(22)14-18/h3-9,12-14,21H,10-11H2,1-2H3,(H,27,33)(H,26,29,32). The summed E-state index contributed by atoms with van der Waals surface area (Å²) in [5.41, 5.74) is 4.51. The number of carbonyl (C=O) groups excluding carboxylic acids is 2. The van der Waals surface area contributed by atoms with Gasteiger partial charge in [0.2, 0.25) is 11.9 Å². The van der Waals surface area contributed by atoms with Gasteiger partial charge in [0.25, 0.3) is 0 Å². The molecule has 0 radical (unpaired) electrons. The highest BCUT2D eigenvalue weighted by Gasteiger charge is 2.32. The third kappa shape index (κ3) is 4.30. The second kappa shape index (κ2) is 8.91. The topological polar surface area (TPSA) is 114 Å². The van der Waals surface area contributed by atoms with Crippen LogP contribution in [0.15, 0.2) is 60.9 Å². The van der Waals surface area contributed by atoms with Crippen molar-refractivity contribution in [2.75, 3.05) is 17.2 Å². The van der Waals surface area contributed by atoms with Crippen molar-refractivity contribution in [2.24, 2.45) is 0 Å². The molecule has 3 aromatic heterocycles. The first-order valence-corrected chi connectivity index (χ1v) is 10.9. The van der Waals surface area contributed by atoms with Gasteiger partial charge in [0.15, 0.2) is 5.65 Å². The van der Waals surface area contributed by atoms with Crippen LogP contribution in [-0.4, -0.2) is 43.2 Å². The first-order chi connectivity index (χ1) is 16.5.